The largest absolute Gasteiger partial charge is 0.441 e. The Balaban J connectivity index is 1.49. The van der Waals surface area contributed by atoms with Crippen LogP contribution in [-0.2, 0) is 22.5 Å². The molecule has 1 unspecified atom stereocenters. The van der Waals surface area contributed by atoms with Crippen LogP contribution in [0.25, 0.3) is 11.5 Å². The van der Waals surface area contributed by atoms with Gasteiger partial charge in [0, 0.05) is 31.1 Å². The van der Waals surface area contributed by atoms with Gasteiger partial charge in [-0.3, -0.25) is 4.79 Å². The van der Waals surface area contributed by atoms with Gasteiger partial charge in [-0.2, -0.15) is 0 Å². The van der Waals surface area contributed by atoms with E-state index in [4.69, 9.17) is 9.15 Å². The van der Waals surface area contributed by atoms with Crippen LogP contribution < -0.4 is 0 Å². The van der Waals surface area contributed by atoms with Crippen LogP contribution in [0.3, 0.4) is 0 Å². The zero-order valence-electron chi connectivity index (χ0n) is 14.8. The van der Waals surface area contributed by atoms with Gasteiger partial charge in [0.05, 0.1) is 12.1 Å². The maximum Gasteiger partial charge on any atom is 0.226 e. The molecule has 2 aromatic rings. The third-order valence-electron chi connectivity index (χ3n) is 5.11. The molecule has 1 aromatic heterocycles. The standard InChI is InChI=1S/C20H24N2O3/c1-20(2)12-15(9-11-24-20)19(23)22-10-8-17-16(13-22)21-18(25-17)14-6-4-3-5-7-14/h3-7,15H,8-13H2,1-2H3. The molecule has 0 spiro atoms. The van der Waals surface area contributed by atoms with E-state index in [0.717, 1.165) is 36.3 Å². The van der Waals surface area contributed by atoms with Crippen LogP contribution in [0.15, 0.2) is 34.7 Å². The van der Waals surface area contributed by atoms with Crippen LogP contribution in [0, 0.1) is 5.92 Å². The number of rotatable bonds is 2. The molecule has 2 aliphatic heterocycles. The third kappa shape index (κ3) is 3.33. The number of fused-ring (bicyclic) bond motifs is 1. The predicted molar refractivity (Wildman–Crippen MR) is 93.8 cm³/mol. The molecule has 1 fully saturated rings. The lowest BCUT2D eigenvalue weighted by atomic mass is 9.87. The lowest BCUT2D eigenvalue weighted by Gasteiger charge is -2.37. The minimum atomic E-state index is -0.214. The van der Waals surface area contributed by atoms with E-state index in [2.05, 4.69) is 18.8 Å². The Kier molecular flexibility index (Phi) is 4.12. The molecule has 1 atom stereocenters. The van der Waals surface area contributed by atoms with Crippen molar-refractivity contribution in [2.75, 3.05) is 13.2 Å². The number of benzene rings is 1. The van der Waals surface area contributed by atoms with Crippen molar-refractivity contribution in [3.05, 3.63) is 41.8 Å². The Morgan fingerprint density at radius 1 is 1.28 bits per heavy atom. The van der Waals surface area contributed by atoms with Crippen molar-refractivity contribution in [3.8, 4) is 11.5 Å². The Labute approximate surface area is 148 Å². The number of carbonyl (C=O) groups is 1. The van der Waals surface area contributed by atoms with Crippen LogP contribution in [0.2, 0.25) is 0 Å². The van der Waals surface area contributed by atoms with Crippen molar-refractivity contribution >= 4 is 5.91 Å². The minimum Gasteiger partial charge on any atom is -0.441 e. The normalized spacial score (nSPS) is 22.5. The van der Waals surface area contributed by atoms with Gasteiger partial charge in [-0.05, 0) is 38.8 Å². The number of carbonyl (C=O) groups excluding carboxylic acids is 1. The lowest BCUT2D eigenvalue weighted by molar-refractivity contribution is -0.146. The molecule has 0 N–H and O–H groups in total. The molecule has 5 heteroatoms. The summed E-state index contributed by atoms with van der Waals surface area (Å²) in [5, 5.41) is 0. The molecule has 0 radical (unpaired) electrons. The number of hydrogen-bond donors (Lipinski definition) is 0. The number of amides is 1. The molecule has 3 heterocycles. The molecule has 1 amide bonds. The van der Waals surface area contributed by atoms with Crippen LogP contribution in [0.1, 0.15) is 38.1 Å². The van der Waals surface area contributed by atoms with Crippen molar-refractivity contribution in [1.29, 1.82) is 0 Å². The zero-order chi connectivity index (χ0) is 17.4. The van der Waals surface area contributed by atoms with E-state index in [1.54, 1.807) is 0 Å². The van der Waals surface area contributed by atoms with Gasteiger partial charge in [-0.15, -0.1) is 0 Å². The SMILES string of the molecule is CC1(C)CC(C(=O)N2CCc3oc(-c4ccccc4)nc3C2)CCO1. The fourth-order valence-corrected chi connectivity index (χ4v) is 3.79. The molecule has 0 bridgehead atoms. The maximum absolute atomic E-state index is 12.9. The molecular formula is C20H24N2O3. The number of nitrogens with zero attached hydrogens (tertiary/aromatic N) is 2. The lowest BCUT2D eigenvalue weighted by Crippen LogP contribution is -2.45. The van der Waals surface area contributed by atoms with Gasteiger partial charge in [0.1, 0.15) is 11.5 Å². The summed E-state index contributed by atoms with van der Waals surface area (Å²) in [6.45, 7) is 6.02. The molecule has 1 saturated heterocycles. The Bertz CT molecular complexity index is 767. The maximum atomic E-state index is 12.9. The molecular weight excluding hydrogens is 316 g/mol. The van der Waals surface area contributed by atoms with Gasteiger partial charge >= 0.3 is 0 Å². The van der Waals surface area contributed by atoms with E-state index in [9.17, 15) is 4.79 Å². The average molecular weight is 340 g/mol. The van der Waals surface area contributed by atoms with Crippen LogP contribution in [-0.4, -0.2) is 34.5 Å². The minimum absolute atomic E-state index is 0.0470. The second-order valence-electron chi connectivity index (χ2n) is 7.56. The molecule has 0 saturated carbocycles. The second kappa shape index (κ2) is 6.30. The number of aromatic nitrogens is 1. The average Bonchev–Trinajstić information content (AvgIpc) is 3.04. The number of oxazole rings is 1. The van der Waals surface area contributed by atoms with Crippen molar-refractivity contribution in [1.82, 2.24) is 9.88 Å². The fourth-order valence-electron chi connectivity index (χ4n) is 3.79. The molecule has 25 heavy (non-hydrogen) atoms. The van der Waals surface area contributed by atoms with E-state index < -0.39 is 0 Å². The molecule has 2 aliphatic rings. The van der Waals surface area contributed by atoms with Crippen molar-refractivity contribution in [2.24, 2.45) is 5.92 Å². The van der Waals surface area contributed by atoms with Crippen molar-refractivity contribution in [2.45, 2.75) is 45.3 Å². The molecule has 0 aliphatic carbocycles. The molecule has 1 aromatic carbocycles. The van der Waals surface area contributed by atoms with Crippen LogP contribution in [0.5, 0.6) is 0 Å². The summed E-state index contributed by atoms with van der Waals surface area (Å²) in [6.07, 6.45) is 2.32. The highest BCUT2D eigenvalue weighted by Crippen LogP contribution is 2.32. The number of ether oxygens (including phenoxy) is 1. The Hall–Kier alpha value is -2.14. The van der Waals surface area contributed by atoms with E-state index in [-0.39, 0.29) is 17.4 Å². The molecule has 4 rings (SSSR count). The first-order valence-corrected chi connectivity index (χ1v) is 8.98. The molecule has 5 nitrogen and oxygen atoms in total. The summed E-state index contributed by atoms with van der Waals surface area (Å²) in [7, 11) is 0. The fraction of sp³-hybridized carbons (Fsp3) is 0.500. The highest BCUT2D eigenvalue weighted by atomic mass is 16.5. The van der Waals surface area contributed by atoms with Gasteiger partial charge in [-0.1, -0.05) is 18.2 Å². The first kappa shape index (κ1) is 16.3. The van der Waals surface area contributed by atoms with Gasteiger partial charge in [0.2, 0.25) is 11.8 Å². The van der Waals surface area contributed by atoms with Gasteiger partial charge in [0.15, 0.2) is 0 Å². The van der Waals surface area contributed by atoms with Gasteiger partial charge in [0.25, 0.3) is 0 Å². The summed E-state index contributed by atoms with van der Waals surface area (Å²) < 4.78 is 11.7. The van der Waals surface area contributed by atoms with Crippen LogP contribution in [0.4, 0.5) is 0 Å². The van der Waals surface area contributed by atoms with Gasteiger partial charge in [-0.25, -0.2) is 4.98 Å². The van der Waals surface area contributed by atoms with E-state index in [1.165, 1.54) is 0 Å². The monoisotopic (exact) mass is 340 g/mol. The summed E-state index contributed by atoms with van der Waals surface area (Å²) in [5.74, 6) is 1.83. The Morgan fingerprint density at radius 2 is 2.08 bits per heavy atom. The summed E-state index contributed by atoms with van der Waals surface area (Å²) in [5.41, 5.74) is 1.65. The smallest absolute Gasteiger partial charge is 0.226 e. The van der Waals surface area contributed by atoms with Gasteiger partial charge < -0.3 is 14.1 Å². The predicted octanol–water partition coefficient (Wildman–Crippen LogP) is 3.43. The first-order valence-electron chi connectivity index (χ1n) is 8.98. The first-order chi connectivity index (χ1) is 12.0. The summed E-state index contributed by atoms with van der Waals surface area (Å²) >= 11 is 0. The van der Waals surface area contributed by atoms with E-state index >= 15 is 0 Å². The summed E-state index contributed by atoms with van der Waals surface area (Å²) in [6, 6.07) is 9.90. The quantitative estimate of drug-likeness (QED) is 0.840. The highest BCUT2D eigenvalue weighted by Gasteiger charge is 2.36. The zero-order valence-corrected chi connectivity index (χ0v) is 14.8. The summed E-state index contributed by atoms with van der Waals surface area (Å²) in [4.78, 5) is 19.5. The molecule has 132 valence electrons. The second-order valence-corrected chi connectivity index (χ2v) is 7.56. The van der Waals surface area contributed by atoms with E-state index in [0.29, 0.717) is 25.6 Å². The van der Waals surface area contributed by atoms with Crippen molar-refractivity contribution in [3.63, 3.8) is 0 Å². The Morgan fingerprint density at radius 3 is 2.84 bits per heavy atom. The topological polar surface area (TPSA) is 55.6 Å². The van der Waals surface area contributed by atoms with E-state index in [1.807, 2.05) is 35.2 Å². The highest BCUT2D eigenvalue weighted by molar-refractivity contribution is 5.79. The number of hydrogen-bond acceptors (Lipinski definition) is 4. The van der Waals surface area contributed by atoms with Crippen molar-refractivity contribution < 1.29 is 13.9 Å². The van der Waals surface area contributed by atoms with Crippen LogP contribution >= 0.6 is 0 Å². The third-order valence-corrected chi connectivity index (χ3v) is 5.11.